The maximum Gasteiger partial charge on any atom is 0.433 e. The van der Waals surface area contributed by atoms with Crippen LogP contribution in [0.5, 0.6) is 0 Å². The Labute approximate surface area is 199 Å². The fourth-order valence-corrected chi connectivity index (χ4v) is 4.67. The van der Waals surface area contributed by atoms with E-state index in [0.717, 1.165) is 6.07 Å². The summed E-state index contributed by atoms with van der Waals surface area (Å²) in [5, 5.41) is 11.0. The van der Waals surface area contributed by atoms with E-state index in [4.69, 9.17) is 17.3 Å². The number of anilines is 1. The molecule has 14 heteroatoms. The molecule has 0 unspecified atom stereocenters. The number of nitrogens with one attached hydrogen (secondary N) is 1. The van der Waals surface area contributed by atoms with Crippen molar-refractivity contribution in [1.82, 2.24) is 24.5 Å². The number of rotatable bonds is 4. The standard InChI is InChI=1S/C20H17ClF3N7O2S/c1-7-10(6-26-30(7)3)9-5-11(20(22,23)24)27-19-12(9)14(16(34-19)17(25)32)28-18(33)15-13(21)8(2)31(4)29-15/h5-6H,1-4H3,(H2,25,32)(H,28,33). The third-order valence-electron chi connectivity index (χ3n) is 5.42. The zero-order valence-corrected chi connectivity index (χ0v) is 19.8. The molecule has 178 valence electrons. The van der Waals surface area contributed by atoms with Gasteiger partial charge in [0.1, 0.15) is 15.4 Å². The molecular formula is C20H17ClF3N7O2S. The first-order valence-corrected chi connectivity index (χ1v) is 10.8. The molecular weight excluding hydrogens is 495 g/mol. The summed E-state index contributed by atoms with van der Waals surface area (Å²) in [6.07, 6.45) is -3.35. The number of nitrogens with zero attached hydrogens (tertiary/aromatic N) is 5. The van der Waals surface area contributed by atoms with Crippen LogP contribution in [-0.2, 0) is 20.3 Å². The third kappa shape index (κ3) is 3.80. The van der Waals surface area contributed by atoms with Gasteiger partial charge in [-0.05, 0) is 25.5 Å². The van der Waals surface area contributed by atoms with Gasteiger partial charge >= 0.3 is 6.18 Å². The number of hydrogen-bond acceptors (Lipinski definition) is 6. The molecule has 4 aromatic heterocycles. The number of nitrogens with two attached hydrogens (primary N) is 1. The zero-order chi connectivity index (χ0) is 25.1. The van der Waals surface area contributed by atoms with Crippen molar-refractivity contribution in [2.24, 2.45) is 19.8 Å². The Morgan fingerprint density at radius 1 is 1.15 bits per heavy atom. The molecule has 2 amide bonds. The van der Waals surface area contributed by atoms with Gasteiger partial charge in [-0.3, -0.25) is 19.0 Å². The smallest absolute Gasteiger partial charge is 0.365 e. The lowest BCUT2D eigenvalue weighted by molar-refractivity contribution is -0.140. The number of thiophene rings is 1. The van der Waals surface area contributed by atoms with E-state index in [0.29, 0.717) is 28.3 Å². The number of carbonyl (C=O) groups is 2. The molecule has 0 spiro atoms. The largest absolute Gasteiger partial charge is 0.433 e. The highest BCUT2D eigenvalue weighted by molar-refractivity contribution is 7.21. The third-order valence-corrected chi connectivity index (χ3v) is 6.97. The number of aryl methyl sites for hydroxylation is 2. The topological polar surface area (TPSA) is 121 Å². The zero-order valence-electron chi connectivity index (χ0n) is 18.2. The monoisotopic (exact) mass is 511 g/mol. The van der Waals surface area contributed by atoms with E-state index in [2.05, 4.69) is 20.5 Å². The van der Waals surface area contributed by atoms with Gasteiger partial charge in [-0.2, -0.15) is 23.4 Å². The van der Waals surface area contributed by atoms with Crippen molar-refractivity contribution >= 4 is 50.7 Å². The summed E-state index contributed by atoms with van der Waals surface area (Å²) in [5.41, 5.74) is 5.71. The predicted octanol–water partition coefficient (Wildman–Crippen LogP) is 4.07. The van der Waals surface area contributed by atoms with Crippen LogP contribution in [0.1, 0.15) is 37.2 Å². The summed E-state index contributed by atoms with van der Waals surface area (Å²) in [7, 11) is 3.23. The van der Waals surface area contributed by atoms with Gasteiger partial charge < -0.3 is 11.1 Å². The first-order valence-electron chi connectivity index (χ1n) is 9.65. The Morgan fingerprint density at radius 3 is 2.32 bits per heavy atom. The number of amides is 2. The summed E-state index contributed by atoms with van der Waals surface area (Å²) >= 11 is 6.86. The molecule has 4 aromatic rings. The molecule has 0 aliphatic heterocycles. The summed E-state index contributed by atoms with van der Waals surface area (Å²) in [4.78, 5) is 28.7. The van der Waals surface area contributed by atoms with Gasteiger partial charge in [0.25, 0.3) is 11.8 Å². The lowest BCUT2D eigenvalue weighted by atomic mass is 10.0. The van der Waals surface area contributed by atoms with Crippen LogP contribution in [-0.4, -0.2) is 36.4 Å². The molecule has 4 heterocycles. The second kappa shape index (κ2) is 8.09. The molecule has 0 saturated heterocycles. The second-order valence-electron chi connectivity index (χ2n) is 7.50. The highest BCUT2D eigenvalue weighted by Crippen LogP contribution is 2.44. The quantitative estimate of drug-likeness (QED) is 0.428. The highest BCUT2D eigenvalue weighted by atomic mass is 35.5. The number of halogens is 4. The molecule has 34 heavy (non-hydrogen) atoms. The maximum atomic E-state index is 13.6. The molecule has 0 radical (unpaired) electrons. The number of aromatic nitrogens is 5. The van der Waals surface area contributed by atoms with Gasteiger partial charge in [-0.25, -0.2) is 4.98 Å². The first-order chi connectivity index (χ1) is 15.8. The molecule has 0 atom stereocenters. The van der Waals surface area contributed by atoms with Crippen LogP contribution in [0.2, 0.25) is 5.02 Å². The molecule has 9 nitrogen and oxygen atoms in total. The molecule has 0 saturated carbocycles. The first kappa shape index (κ1) is 23.7. The van der Waals surface area contributed by atoms with Crippen molar-refractivity contribution in [2.75, 3.05) is 5.32 Å². The normalized spacial score (nSPS) is 11.9. The minimum Gasteiger partial charge on any atom is -0.365 e. The molecule has 0 fully saturated rings. The highest BCUT2D eigenvalue weighted by Gasteiger charge is 2.35. The van der Waals surface area contributed by atoms with Crippen LogP contribution >= 0.6 is 22.9 Å². The van der Waals surface area contributed by atoms with Crippen LogP contribution < -0.4 is 11.1 Å². The van der Waals surface area contributed by atoms with Gasteiger partial charge in [0.05, 0.1) is 22.6 Å². The van der Waals surface area contributed by atoms with E-state index in [9.17, 15) is 22.8 Å². The average molecular weight is 512 g/mol. The Morgan fingerprint density at radius 2 is 1.82 bits per heavy atom. The summed E-state index contributed by atoms with van der Waals surface area (Å²) < 4.78 is 43.8. The number of pyridine rings is 1. The van der Waals surface area contributed by atoms with Crippen molar-refractivity contribution in [3.63, 3.8) is 0 Å². The van der Waals surface area contributed by atoms with E-state index < -0.39 is 23.7 Å². The van der Waals surface area contributed by atoms with E-state index in [-0.39, 0.29) is 37.1 Å². The van der Waals surface area contributed by atoms with Gasteiger partial charge in [-0.15, -0.1) is 11.3 Å². The molecule has 0 aliphatic rings. The molecule has 0 aromatic carbocycles. The van der Waals surface area contributed by atoms with Crippen molar-refractivity contribution in [3.05, 3.63) is 44.9 Å². The number of fused-ring (bicyclic) bond motifs is 1. The van der Waals surface area contributed by atoms with E-state index >= 15 is 0 Å². The molecule has 3 N–H and O–H groups in total. The predicted molar refractivity (Wildman–Crippen MR) is 121 cm³/mol. The van der Waals surface area contributed by atoms with E-state index in [1.165, 1.54) is 15.6 Å². The lowest BCUT2D eigenvalue weighted by Gasteiger charge is -2.12. The number of hydrogen-bond donors (Lipinski definition) is 2. The number of carbonyl (C=O) groups excluding carboxylic acids is 2. The van der Waals surface area contributed by atoms with Crippen LogP contribution in [0.15, 0.2) is 12.3 Å². The lowest BCUT2D eigenvalue weighted by Crippen LogP contribution is -2.17. The minimum absolute atomic E-state index is 0.0728. The van der Waals surface area contributed by atoms with E-state index in [1.807, 2.05) is 0 Å². The van der Waals surface area contributed by atoms with Crippen molar-refractivity contribution < 1.29 is 22.8 Å². The van der Waals surface area contributed by atoms with Crippen LogP contribution in [0.4, 0.5) is 18.9 Å². The summed E-state index contributed by atoms with van der Waals surface area (Å²) in [6.45, 7) is 3.34. The average Bonchev–Trinajstić information content (AvgIpc) is 3.37. The number of primary amides is 1. The second-order valence-corrected chi connectivity index (χ2v) is 8.87. The summed E-state index contributed by atoms with van der Waals surface area (Å²) in [5.74, 6) is -1.70. The SMILES string of the molecule is Cc1c(-c2cc(C(F)(F)F)nc3sc(C(N)=O)c(NC(=O)c4nn(C)c(C)c4Cl)c23)cnn1C. The fourth-order valence-electron chi connectivity index (χ4n) is 3.41. The Kier molecular flexibility index (Phi) is 5.64. The molecule has 4 rings (SSSR count). The van der Waals surface area contributed by atoms with Crippen LogP contribution in [0.3, 0.4) is 0 Å². The Bertz CT molecular complexity index is 1490. The fraction of sp³-hybridized carbons (Fsp3) is 0.250. The van der Waals surface area contributed by atoms with Crippen molar-refractivity contribution in [2.45, 2.75) is 20.0 Å². The van der Waals surface area contributed by atoms with Crippen molar-refractivity contribution in [1.29, 1.82) is 0 Å². The minimum atomic E-state index is -4.75. The van der Waals surface area contributed by atoms with Crippen LogP contribution in [0, 0.1) is 13.8 Å². The van der Waals surface area contributed by atoms with Gasteiger partial charge in [0.15, 0.2) is 5.69 Å². The van der Waals surface area contributed by atoms with Gasteiger partial charge in [0, 0.05) is 30.7 Å². The summed E-state index contributed by atoms with van der Waals surface area (Å²) in [6, 6.07) is 0.859. The van der Waals surface area contributed by atoms with Crippen LogP contribution in [0.25, 0.3) is 21.3 Å². The van der Waals surface area contributed by atoms with E-state index in [1.54, 1.807) is 27.9 Å². The van der Waals surface area contributed by atoms with Gasteiger partial charge in [0.2, 0.25) is 0 Å². The Hall–Kier alpha value is -3.45. The Balaban J connectivity index is 2.01. The van der Waals surface area contributed by atoms with Gasteiger partial charge in [-0.1, -0.05) is 11.6 Å². The van der Waals surface area contributed by atoms with Crippen molar-refractivity contribution in [3.8, 4) is 11.1 Å². The molecule has 0 aliphatic carbocycles. The number of alkyl halides is 3. The molecule has 0 bridgehead atoms. The maximum absolute atomic E-state index is 13.6.